The molecule has 6 heteroatoms. The molecule has 0 saturated carbocycles. The standard InChI is InChI=1S/C20H30N4O2/c1-7-24-13(3)16(11-21-24)12(2)22-19(25)18-15-10-14(20(4,5)6)8-9-17(15)26-23-18/h11-12,14H,7-10H2,1-6H3,(H,22,25)/t12-,14-/m1/s1. The third-order valence-electron chi connectivity index (χ3n) is 5.73. The molecule has 1 aliphatic rings. The second-order valence-electron chi connectivity index (χ2n) is 8.43. The van der Waals surface area contributed by atoms with Crippen LogP contribution in [0, 0.1) is 18.3 Å². The topological polar surface area (TPSA) is 73.0 Å². The predicted molar refractivity (Wildman–Crippen MR) is 100.0 cm³/mol. The number of nitrogens with zero attached hydrogens (tertiary/aromatic N) is 3. The molecule has 0 fully saturated rings. The van der Waals surface area contributed by atoms with Gasteiger partial charge in [0.1, 0.15) is 5.76 Å². The van der Waals surface area contributed by atoms with E-state index in [0.29, 0.717) is 11.6 Å². The van der Waals surface area contributed by atoms with Crippen molar-refractivity contribution in [3.63, 3.8) is 0 Å². The number of hydrogen-bond donors (Lipinski definition) is 1. The molecular formula is C20H30N4O2. The van der Waals surface area contributed by atoms with Gasteiger partial charge in [0.2, 0.25) is 0 Å². The number of rotatable bonds is 4. The molecule has 1 N–H and O–H groups in total. The van der Waals surface area contributed by atoms with Gasteiger partial charge in [-0.15, -0.1) is 0 Å². The van der Waals surface area contributed by atoms with Crippen LogP contribution in [0.25, 0.3) is 0 Å². The Morgan fingerprint density at radius 1 is 1.46 bits per heavy atom. The van der Waals surface area contributed by atoms with Gasteiger partial charge in [0.05, 0.1) is 12.2 Å². The van der Waals surface area contributed by atoms with Crippen LogP contribution in [0.4, 0.5) is 0 Å². The number of nitrogens with one attached hydrogen (secondary N) is 1. The van der Waals surface area contributed by atoms with E-state index in [4.69, 9.17) is 4.52 Å². The third kappa shape index (κ3) is 3.41. The lowest BCUT2D eigenvalue weighted by molar-refractivity contribution is 0.0929. The number of carbonyl (C=O) groups is 1. The molecule has 2 aromatic rings. The van der Waals surface area contributed by atoms with Crippen molar-refractivity contribution in [1.29, 1.82) is 0 Å². The van der Waals surface area contributed by atoms with Crippen molar-refractivity contribution in [2.45, 2.75) is 73.4 Å². The summed E-state index contributed by atoms with van der Waals surface area (Å²) in [6.45, 7) is 13.6. The molecule has 0 aromatic carbocycles. The first-order valence-electron chi connectivity index (χ1n) is 9.53. The Bertz CT molecular complexity index is 797. The summed E-state index contributed by atoms with van der Waals surface area (Å²) in [6, 6.07) is -0.128. The van der Waals surface area contributed by atoms with E-state index < -0.39 is 0 Å². The summed E-state index contributed by atoms with van der Waals surface area (Å²) in [5.41, 5.74) is 3.76. The minimum atomic E-state index is -0.166. The van der Waals surface area contributed by atoms with E-state index in [2.05, 4.69) is 43.3 Å². The van der Waals surface area contributed by atoms with Crippen LogP contribution in [-0.4, -0.2) is 20.8 Å². The van der Waals surface area contributed by atoms with Crippen LogP contribution < -0.4 is 5.32 Å². The fourth-order valence-corrected chi connectivity index (χ4v) is 3.87. The van der Waals surface area contributed by atoms with E-state index in [0.717, 1.165) is 48.4 Å². The Morgan fingerprint density at radius 2 is 2.19 bits per heavy atom. The molecule has 0 aliphatic heterocycles. The molecule has 0 spiro atoms. The molecule has 0 radical (unpaired) electrons. The lowest BCUT2D eigenvalue weighted by atomic mass is 9.71. The molecular weight excluding hydrogens is 328 g/mol. The first-order valence-corrected chi connectivity index (χ1v) is 9.53. The number of hydrogen-bond acceptors (Lipinski definition) is 4. The Kier molecular flexibility index (Phi) is 4.95. The molecule has 0 bridgehead atoms. The number of carbonyl (C=O) groups excluding carboxylic acids is 1. The van der Waals surface area contributed by atoms with Gasteiger partial charge >= 0.3 is 0 Å². The van der Waals surface area contributed by atoms with E-state index in [1.807, 2.05) is 24.7 Å². The first kappa shape index (κ1) is 18.7. The summed E-state index contributed by atoms with van der Waals surface area (Å²) in [7, 11) is 0. The predicted octanol–water partition coefficient (Wildman–Crippen LogP) is 3.84. The maximum absolute atomic E-state index is 12.8. The van der Waals surface area contributed by atoms with Crippen LogP contribution in [0.2, 0.25) is 0 Å². The van der Waals surface area contributed by atoms with Gasteiger partial charge in [-0.2, -0.15) is 5.10 Å². The van der Waals surface area contributed by atoms with Crippen molar-refractivity contribution in [3.05, 3.63) is 34.5 Å². The molecule has 2 atom stereocenters. The largest absolute Gasteiger partial charge is 0.360 e. The van der Waals surface area contributed by atoms with E-state index in [-0.39, 0.29) is 17.4 Å². The molecule has 3 rings (SSSR count). The summed E-state index contributed by atoms with van der Waals surface area (Å²) in [5.74, 6) is 1.24. The summed E-state index contributed by atoms with van der Waals surface area (Å²) in [4.78, 5) is 12.8. The van der Waals surface area contributed by atoms with E-state index >= 15 is 0 Å². The summed E-state index contributed by atoms with van der Waals surface area (Å²) in [5, 5.41) is 11.5. The second-order valence-corrected chi connectivity index (χ2v) is 8.43. The molecule has 1 amide bonds. The second kappa shape index (κ2) is 6.89. The zero-order valence-electron chi connectivity index (χ0n) is 16.7. The van der Waals surface area contributed by atoms with Crippen LogP contribution in [0.3, 0.4) is 0 Å². The van der Waals surface area contributed by atoms with Gasteiger partial charge in [0, 0.05) is 29.8 Å². The van der Waals surface area contributed by atoms with Gasteiger partial charge in [-0.1, -0.05) is 25.9 Å². The smallest absolute Gasteiger partial charge is 0.274 e. The van der Waals surface area contributed by atoms with Gasteiger partial charge in [-0.3, -0.25) is 9.48 Å². The molecule has 0 unspecified atom stereocenters. The molecule has 2 heterocycles. The summed E-state index contributed by atoms with van der Waals surface area (Å²) < 4.78 is 7.41. The molecule has 1 aliphatic carbocycles. The van der Waals surface area contributed by atoms with Gasteiger partial charge in [0.15, 0.2) is 5.69 Å². The van der Waals surface area contributed by atoms with Crippen LogP contribution in [0.5, 0.6) is 0 Å². The lowest BCUT2D eigenvalue weighted by Gasteiger charge is -2.33. The van der Waals surface area contributed by atoms with Crippen molar-refractivity contribution in [1.82, 2.24) is 20.3 Å². The van der Waals surface area contributed by atoms with Gasteiger partial charge < -0.3 is 9.84 Å². The molecule has 26 heavy (non-hydrogen) atoms. The highest BCUT2D eigenvalue weighted by Gasteiger charge is 2.34. The van der Waals surface area contributed by atoms with Crippen LogP contribution in [-0.2, 0) is 19.4 Å². The fraction of sp³-hybridized carbons (Fsp3) is 0.650. The van der Waals surface area contributed by atoms with Crippen molar-refractivity contribution in [3.8, 4) is 0 Å². The average Bonchev–Trinajstić information content (AvgIpc) is 3.16. The number of aromatic nitrogens is 3. The first-order chi connectivity index (χ1) is 12.2. The van der Waals surface area contributed by atoms with E-state index in [1.165, 1.54) is 0 Å². The lowest BCUT2D eigenvalue weighted by Crippen LogP contribution is -2.30. The van der Waals surface area contributed by atoms with Crippen molar-refractivity contribution in [2.75, 3.05) is 0 Å². The Morgan fingerprint density at radius 3 is 2.81 bits per heavy atom. The SMILES string of the molecule is CCn1ncc([C@@H](C)NC(=O)c2noc3c2C[C@H](C(C)(C)C)CC3)c1C. The summed E-state index contributed by atoms with van der Waals surface area (Å²) >= 11 is 0. The summed E-state index contributed by atoms with van der Waals surface area (Å²) in [6.07, 6.45) is 4.62. The highest BCUT2D eigenvalue weighted by molar-refractivity contribution is 5.94. The Hall–Kier alpha value is -2.11. The normalized spacial score (nSPS) is 18.5. The third-order valence-corrected chi connectivity index (χ3v) is 5.73. The van der Waals surface area contributed by atoms with Crippen LogP contribution in [0.15, 0.2) is 10.7 Å². The number of fused-ring (bicyclic) bond motifs is 1. The minimum Gasteiger partial charge on any atom is -0.360 e. The highest BCUT2D eigenvalue weighted by Crippen LogP contribution is 2.38. The zero-order valence-corrected chi connectivity index (χ0v) is 16.7. The van der Waals surface area contributed by atoms with Gasteiger partial charge in [0.25, 0.3) is 5.91 Å². The number of aryl methyl sites for hydroxylation is 2. The van der Waals surface area contributed by atoms with E-state index in [9.17, 15) is 4.79 Å². The average molecular weight is 358 g/mol. The van der Waals surface area contributed by atoms with Gasteiger partial charge in [-0.25, -0.2) is 0 Å². The van der Waals surface area contributed by atoms with Crippen molar-refractivity contribution in [2.24, 2.45) is 11.3 Å². The molecule has 142 valence electrons. The molecule has 2 aromatic heterocycles. The van der Waals surface area contributed by atoms with Crippen LogP contribution in [0.1, 0.15) is 80.2 Å². The fourth-order valence-electron chi connectivity index (χ4n) is 3.87. The highest BCUT2D eigenvalue weighted by atomic mass is 16.5. The number of amides is 1. The quantitative estimate of drug-likeness (QED) is 0.901. The molecule has 6 nitrogen and oxygen atoms in total. The maximum Gasteiger partial charge on any atom is 0.274 e. The van der Waals surface area contributed by atoms with Crippen LogP contribution >= 0.6 is 0 Å². The monoisotopic (exact) mass is 358 g/mol. The van der Waals surface area contributed by atoms with Crippen molar-refractivity contribution >= 4 is 5.91 Å². The van der Waals surface area contributed by atoms with Gasteiger partial charge in [-0.05, 0) is 44.9 Å². The zero-order chi connectivity index (χ0) is 19.1. The van der Waals surface area contributed by atoms with Crippen molar-refractivity contribution < 1.29 is 9.32 Å². The van der Waals surface area contributed by atoms with E-state index in [1.54, 1.807) is 0 Å². The Balaban J connectivity index is 1.77. The minimum absolute atomic E-state index is 0.128. The molecule has 0 saturated heterocycles. The maximum atomic E-state index is 12.8. The Labute approximate surface area is 155 Å².